The molecule has 1 heterocycles. The van der Waals surface area contributed by atoms with Crippen LogP contribution in [0.4, 0.5) is 17.6 Å². The maximum absolute atomic E-state index is 13.7. The number of alkyl halides is 3. The van der Waals surface area contributed by atoms with Crippen LogP contribution in [0, 0.1) is 5.82 Å². The third kappa shape index (κ3) is 7.61. The van der Waals surface area contributed by atoms with E-state index in [1.54, 1.807) is 24.3 Å². The summed E-state index contributed by atoms with van der Waals surface area (Å²) >= 11 is 0. The number of halogens is 4. The van der Waals surface area contributed by atoms with E-state index in [1.165, 1.54) is 47.4 Å². The van der Waals surface area contributed by atoms with Crippen molar-refractivity contribution in [3.8, 4) is 0 Å². The Morgan fingerprint density at radius 3 is 2.26 bits per heavy atom. The molecule has 3 aromatic carbocycles. The van der Waals surface area contributed by atoms with E-state index >= 15 is 0 Å². The number of carbonyl (C=O) groups is 2. The summed E-state index contributed by atoms with van der Waals surface area (Å²) in [5.74, 6) is -1.64. The first-order valence-corrected chi connectivity index (χ1v) is 13.0. The molecule has 220 valence electrons. The van der Waals surface area contributed by atoms with Crippen LogP contribution in [0.2, 0.25) is 0 Å². The third-order valence-corrected chi connectivity index (χ3v) is 6.60. The molecular formula is C31H28F4N2O5. The number of methoxy groups -OCH3 is 1. The smallest absolute Gasteiger partial charge is 0.416 e. The normalized spacial score (nSPS) is 11.5. The van der Waals surface area contributed by atoms with Crippen LogP contribution in [-0.4, -0.2) is 48.4 Å². The van der Waals surface area contributed by atoms with Crippen LogP contribution in [-0.2, 0) is 28.8 Å². The summed E-state index contributed by atoms with van der Waals surface area (Å²) in [6.45, 7) is -0.233. The molecule has 0 aliphatic carbocycles. The van der Waals surface area contributed by atoms with Crippen molar-refractivity contribution in [2.24, 2.45) is 0 Å². The first kappa shape index (κ1) is 30.4. The van der Waals surface area contributed by atoms with Crippen molar-refractivity contribution in [3.05, 3.63) is 117 Å². The monoisotopic (exact) mass is 584 g/mol. The van der Waals surface area contributed by atoms with Gasteiger partial charge in [-0.2, -0.15) is 13.2 Å². The van der Waals surface area contributed by atoms with Crippen LogP contribution in [0.5, 0.6) is 0 Å². The number of amides is 2. The van der Waals surface area contributed by atoms with Crippen LogP contribution in [0.3, 0.4) is 0 Å². The van der Waals surface area contributed by atoms with Crippen LogP contribution >= 0.6 is 0 Å². The highest BCUT2D eigenvalue weighted by molar-refractivity contribution is 5.96. The van der Waals surface area contributed by atoms with Crippen molar-refractivity contribution < 1.29 is 36.3 Å². The predicted molar refractivity (Wildman–Crippen MR) is 147 cm³/mol. The van der Waals surface area contributed by atoms with E-state index in [4.69, 9.17) is 9.15 Å². The average Bonchev–Trinajstić information content (AvgIpc) is 2.98. The molecule has 0 aliphatic rings. The second-order valence-corrected chi connectivity index (χ2v) is 9.61. The van der Waals surface area contributed by atoms with Crippen LogP contribution in [0.1, 0.15) is 33.5 Å². The van der Waals surface area contributed by atoms with E-state index in [2.05, 4.69) is 0 Å². The SMILES string of the molecule is COCCCN(CC(=O)N(Cc1ccc(F)cc1)Cc1coc2ccccc2c1=O)C(=O)c1ccc(C(F)(F)F)cc1. The summed E-state index contributed by atoms with van der Waals surface area (Å²) in [6, 6.07) is 15.9. The lowest BCUT2D eigenvalue weighted by atomic mass is 10.1. The maximum atomic E-state index is 13.7. The number of rotatable bonds is 11. The van der Waals surface area contributed by atoms with Crippen molar-refractivity contribution in [3.63, 3.8) is 0 Å². The molecule has 7 nitrogen and oxygen atoms in total. The van der Waals surface area contributed by atoms with E-state index in [0.29, 0.717) is 23.0 Å². The molecule has 0 atom stereocenters. The Labute approximate surface area is 238 Å². The van der Waals surface area contributed by atoms with Crippen molar-refractivity contribution in [2.75, 3.05) is 26.8 Å². The first-order chi connectivity index (χ1) is 20.1. The van der Waals surface area contributed by atoms with Gasteiger partial charge in [0.1, 0.15) is 17.9 Å². The predicted octanol–water partition coefficient (Wildman–Crippen LogP) is 5.66. The molecule has 4 aromatic rings. The minimum Gasteiger partial charge on any atom is -0.464 e. The lowest BCUT2D eigenvalue weighted by molar-refractivity contribution is -0.137. The van der Waals surface area contributed by atoms with Gasteiger partial charge in [0.15, 0.2) is 5.43 Å². The molecule has 4 rings (SSSR count). The van der Waals surface area contributed by atoms with E-state index in [1.807, 2.05) is 0 Å². The molecule has 0 spiro atoms. The summed E-state index contributed by atoms with van der Waals surface area (Å²) in [7, 11) is 1.48. The van der Waals surface area contributed by atoms with Gasteiger partial charge in [0, 0.05) is 32.4 Å². The standard InChI is InChI=1S/C31H28F4N2O5/c1-41-16-4-15-36(30(40)22-9-11-24(12-10-22)31(33,34)35)19-28(38)37(17-21-7-13-25(32)14-8-21)18-23-20-42-27-6-3-2-5-26(27)29(23)39/h2-3,5-14,20H,4,15-19H2,1H3. The van der Waals surface area contributed by atoms with Crippen molar-refractivity contribution in [1.82, 2.24) is 9.80 Å². The second kappa shape index (κ2) is 13.4. The van der Waals surface area contributed by atoms with Gasteiger partial charge in [0.2, 0.25) is 5.91 Å². The summed E-state index contributed by atoms with van der Waals surface area (Å²) in [5.41, 5.74) is -0.0889. The fourth-order valence-corrected chi connectivity index (χ4v) is 4.38. The molecule has 42 heavy (non-hydrogen) atoms. The van der Waals surface area contributed by atoms with Gasteiger partial charge in [-0.05, 0) is 60.5 Å². The quantitative estimate of drug-likeness (QED) is 0.168. The van der Waals surface area contributed by atoms with Crippen molar-refractivity contribution in [2.45, 2.75) is 25.7 Å². The topological polar surface area (TPSA) is 80.1 Å². The Kier molecular flexibility index (Phi) is 9.74. The number of para-hydroxylation sites is 1. The molecule has 2 amide bonds. The maximum Gasteiger partial charge on any atom is 0.416 e. The summed E-state index contributed by atoms with van der Waals surface area (Å²) in [5, 5.41) is 0.336. The molecule has 0 N–H and O–H groups in total. The van der Waals surface area contributed by atoms with Crippen molar-refractivity contribution in [1.29, 1.82) is 0 Å². The number of fused-ring (bicyclic) bond motifs is 1. The number of carbonyl (C=O) groups excluding carboxylic acids is 2. The molecule has 0 saturated carbocycles. The summed E-state index contributed by atoms with van der Waals surface area (Å²) in [6.07, 6.45) is -2.92. The Balaban J connectivity index is 1.62. The molecule has 0 radical (unpaired) electrons. The van der Waals surface area contributed by atoms with E-state index in [-0.39, 0.29) is 42.8 Å². The minimum absolute atomic E-state index is 0.00817. The van der Waals surface area contributed by atoms with Gasteiger partial charge in [-0.25, -0.2) is 4.39 Å². The Morgan fingerprint density at radius 1 is 0.905 bits per heavy atom. The fraction of sp³-hybridized carbons (Fsp3) is 0.258. The molecule has 0 fully saturated rings. The van der Waals surface area contributed by atoms with Crippen LogP contribution < -0.4 is 5.43 Å². The molecule has 11 heteroatoms. The largest absolute Gasteiger partial charge is 0.464 e. The molecule has 0 bridgehead atoms. The number of ether oxygens (including phenoxy) is 1. The lowest BCUT2D eigenvalue weighted by Crippen LogP contribution is -2.43. The molecular weight excluding hydrogens is 556 g/mol. The third-order valence-electron chi connectivity index (χ3n) is 6.60. The van der Waals surface area contributed by atoms with Gasteiger partial charge in [0.25, 0.3) is 5.91 Å². The van der Waals surface area contributed by atoms with Gasteiger partial charge < -0.3 is 19.0 Å². The van der Waals surface area contributed by atoms with Gasteiger partial charge in [-0.15, -0.1) is 0 Å². The van der Waals surface area contributed by atoms with Gasteiger partial charge in [0.05, 0.1) is 29.3 Å². The van der Waals surface area contributed by atoms with Crippen molar-refractivity contribution >= 4 is 22.8 Å². The van der Waals surface area contributed by atoms with E-state index in [9.17, 15) is 31.9 Å². The molecule has 1 aromatic heterocycles. The molecule has 0 aliphatic heterocycles. The van der Waals surface area contributed by atoms with Gasteiger partial charge >= 0.3 is 6.18 Å². The second-order valence-electron chi connectivity index (χ2n) is 9.61. The highest BCUT2D eigenvalue weighted by Crippen LogP contribution is 2.29. The zero-order valence-corrected chi connectivity index (χ0v) is 22.7. The first-order valence-electron chi connectivity index (χ1n) is 13.0. The highest BCUT2D eigenvalue weighted by Gasteiger charge is 2.31. The minimum atomic E-state index is -4.56. The average molecular weight is 585 g/mol. The summed E-state index contributed by atoms with van der Waals surface area (Å²) in [4.78, 5) is 42.8. The fourth-order valence-electron chi connectivity index (χ4n) is 4.38. The van der Waals surface area contributed by atoms with Crippen LogP contribution in [0.25, 0.3) is 11.0 Å². The van der Waals surface area contributed by atoms with Crippen LogP contribution in [0.15, 0.2) is 88.3 Å². The zero-order chi connectivity index (χ0) is 30.3. The number of hydrogen-bond acceptors (Lipinski definition) is 5. The Hall–Kier alpha value is -4.51. The summed E-state index contributed by atoms with van der Waals surface area (Å²) < 4.78 is 63.3. The van der Waals surface area contributed by atoms with Gasteiger partial charge in [-0.1, -0.05) is 24.3 Å². The highest BCUT2D eigenvalue weighted by atomic mass is 19.4. The number of hydrogen-bond donors (Lipinski definition) is 0. The number of nitrogens with zero attached hydrogens (tertiary/aromatic N) is 2. The van der Waals surface area contributed by atoms with Gasteiger partial charge in [-0.3, -0.25) is 14.4 Å². The molecule has 0 unspecified atom stereocenters. The molecule has 0 saturated heterocycles. The number of benzene rings is 3. The van der Waals surface area contributed by atoms with E-state index < -0.39 is 35.9 Å². The Bertz CT molecular complexity index is 1580. The zero-order valence-electron chi connectivity index (χ0n) is 22.7. The lowest BCUT2D eigenvalue weighted by Gasteiger charge is -2.28. The van der Waals surface area contributed by atoms with E-state index in [0.717, 1.165) is 24.3 Å². The Morgan fingerprint density at radius 2 is 1.60 bits per heavy atom.